The molecule has 2 aliphatic rings. The van der Waals surface area contributed by atoms with E-state index >= 15 is 0 Å². The first-order valence-corrected chi connectivity index (χ1v) is 29.5. The summed E-state index contributed by atoms with van der Waals surface area (Å²) in [5.41, 5.74) is 17.5. The van der Waals surface area contributed by atoms with E-state index in [1.54, 1.807) is 75.0 Å². The van der Waals surface area contributed by atoms with Crippen LogP contribution >= 0.6 is 25.3 Å². The van der Waals surface area contributed by atoms with Gasteiger partial charge in [0.2, 0.25) is 5.91 Å². The Hall–Kier alpha value is -7.30. The number of hydrazone groups is 1. The van der Waals surface area contributed by atoms with Crippen molar-refractivity contribution in [1.29, 1.82) is 0 Å². The van der Waals surface area contributed by atoms with Gasteiger partial charge in [0.15, 0.2) is 0 Å². The molecule has 6 aromatic carbocycles. The summed E-state index contributed by atoms with van der Waals surface area (Å²) in [6, 6.07) is 47.1. The van der Waals surface area contributed by atoms with Gasteiger partial charge in [0.05, 0.1) is 14.2 Å². The fraction of sp³-hybridized carbons (Fsp3) is 0.353. The van der Waals surface area contributed by atoms with Crippen molar-refractivity contribution < 1.29 is 45.8 Å². The van der Waals surface area contributed by atoms with Crippen LogP contribution in [0.5, 0.6) is 11.5 Å². The number of aldehydes is 1. The first-order chi connectivity index (χ1) is 39.6. The quantitative estimate of drug-likeness (QED) is 0.00892. The number of nitrogens with zero attached hydrogens (tertiary/aromatic N) is 3. The Balaban J connectivity index is 0. The summed E-state index contributed by atoms with van der Waals surface area (Å²) in [6.45, 7) is 23.8. The number of primary amides is 1. The third kappa shape index (κ3) is 24.1. The molecule has 0 bridgehead atoms. The lowest BCUT2D eigenvalue weighted by Gasteiger charge is -2.30. The van der Waals surface area contributed by atoms with Gasteiger partial charge in [0, 0.05) is 73.8 Å². The molecule has 0 fully saturated rings. The second kappa shape index (κ2) is 43.3. The lowest BCUT2D eigenvalue weighted by atomic mass is 9.76. The van der Waals surface area contributed by atoms with Crippen molar-refractivity contribution in [2.45, 2.75) is 115 Å². The van der Waals surface area contributed by atoms with Crippen LogP contribution in [0.3, 0.4) is 0 Å². The molecule has 17 nitrogen and oxygen atoms in total. The number of ether oxygens (including phenoxy) is 2. The predicted molar refractivity (Wildman–Crippen MR) is 367 cm³/mol. The number of hydrogen-bond donors (Lipinski definition) is 7. The fourth-order valence-corrected chi connectivity index (χ4v) is 10.2. The summed E-state index contributed by atoms with van der Waals surface area (Å²) in [5, 5.41) is 10.8. The van der Waals surface area contributed by atoms with Crippen LogP contribution in [0.2, 0.25) is 0 Å². The molecule has 2 atom stereocenters. The Labute approximate surface area is 528 Å². The van der Waals surface area contributed by atoms with E-state index in [0.717, 1.165) is 76.3 Å². The second-order valence-electron chi connectivity index (χ2n) is 20.2. The number of rotatable bonds is 21. The third-order valence-electron chi connectivity index (χ3n) is 14.0. The van der Waals surface area contributed by atoms with E-state index in [4.69, 9.17) is 15.2 Å². The molecule has 16 N–H and O–H groups in total. The Kier molecular flexibility index (Phi) is 40.7. The highest BCUT2D eigenvalue weighted by atomic mass is 32.1. The van der Waals surface area contributed by atoms with Crippen LogP contribution in [-0.4, -0.2) is 99.7 Å². The smallest absolute Gasteiger partial charge is 0.271 e. The minimum Gasteiger partial charge on any atom is -0.497 e. The summed E-state index contributed by atoms with van der Waals surface area (Å²) < 4.78 is 11.0. The molecule has 2 unspecified atom stereocenters. The predicted octanol–water partition coefficient (Wildman–Crippen LogP) is 10.5. The van der Waals surface area contributed by atoms with Crippen molar-refractivity contribution in [3.05, 3.63) is 203 Å². The maximum absolute atomic E-state index is 12.4. The largest absolute Gasteiger partial charge is 0.497 e. The maximum atomic E-state index is 12.4. The van der Waals surface area contributed by atoms with Gasteiger partial charge in [0.25, 0.3) is 5.91 Å². The lowest BCUT2D eigenvalue weighted by Crippen LogP contribution is -2.30. The summed E-state index contributed by atoms with van der Waals surface area (Å²) in [5.74, 6) is 1.01. The summed E-state index contributed by atoms with van der Waals surface area (Å²) in [4.78, 5) is 40.4. The van der Waals surface area contributed by atoms with E-state index in [-0.39, 0.29) is 44.8 Å². The van der Waals surface area contributed by atoms with Crippen LogP contribution in [0.15, 0.2) is 184 Å². The molecule has 0 saturated heterocycles. The molecule has 0 aliphatic carbocycles. The molecule has 2 aliphatic heterocycles. The summed E-state index contributed by atoms with van der Waals surface area (Å²) in [7, 11) is 3.38. The van der Waals surface area contributed by atoms with Gasteiger partial charge in [-0.25, -0.2) is 5.43 Å². The van der Waals surface area contributed by atoms with E-state index in [1.165, 1.54) is 74.1 Å². The number of hydrogen-bond acceptors (Lipinski definition) is 13. The molecular formula is C68H100N8O9S2. The van der Waals surface area contributed by atoms with E-state index < -0.39 is 5.91 Å². The number of benzene rings is 6. The molecular weight excluding hydrogens is 1140 g/mol. The van der Waals surface area contributed by atoms with Crippen molar-refractivity contribution >= 4 is 60.9 Å². The molecule has 0 saturated carbocycles. The van der Waals surface area contributed by atoms with E-state index in [9.17, 15) is 14.4 Å². The van der Waals surface area contributed by atoms with Gasteiger partial charge in [-0.2, -0.15) is 5.10 Å². The zero-order valence-electron chi connectivity index (χ0n) is 52.7. The van der Waals surface area contributed by atoms with Crippen LogP contribution in [-0.2, 0) is 28.5 Å². The van der Waals surface area contributed by atoms with Crippen molar-refractivity contribution in [2.75, 3.05) is 63.3 Å². The Morgan fingerprint density at radius 3 is 1.25 bits per heavy atom. The Morgan fingerprint density at radius 2 is 0.920 bits per heavy atom. The van der Waals surface area contributed by atoms with Gasteiger partial charge in [-0.1, -0.05) is 88.4 Å². The molecule has 6 aromatic rings. The van der Waals surface area contributed by atoms with Crippen molar-refractivity contribution in [2.24, 2.45) is 10.8 Å². The van der Waals surface area contributed by atoms with Crippen LogP contribution in [0.25, 0.3) is 0 Å². The van der Waals surface area contributed by atoms with Gasteiger partial charge >= 0.3 is 0 Å². The summed E-state index contributed by atoms with van der Waals surface area (Å²) in [6.07, 6.45) is 12.9. The van der Waals surface area contributed by atoms with Crippen LogP contribution in [0, 0.1) is 0 Å². The zero-order chi connectivity index (χ0) is 59.9. The van der Waals surface area contributed by atoms with Gasteiger partial charge in [-0.05, 0) is 212 Å². The molecule has 0 aromatic heterocycles. The fourth-order valence-electron chi connectivity index (χ4n) is 9.91. The summed E-state index contributed by atoms with van der Waals surface area (Å²) >= 11 is 8.31. The van der Waals surface area contributed by atoms with Gasteiger partial charge in [-0.3, -0.25) is 14.4 Å². The maximum Gasteiger partial charge on any atom is 0.271 e. The number of thiol groups is 2. The Bertz CT molecular complexity index is 2970. The number of fused-ring (bicyclic) bond motifs is 2. The van der Waals surface area contributed by atoms with Crippen LogP contribution < -0.4 is 47.2 Å². The van der Waals surface area contributed by atoms with Crippen LogP contribution in [0.1, 0.15) is 124 Å². The first kappa shape index (κ1) is 81.8. The number of nitrogens with one attached hydrogen (secondary N) is 3. The average Bonchev–Trinajstić information content (AvgIpc) is 1.62. The second-order valence-corrected chi connectivity index (χ2v) is 21.2. The normalized spacial score (nSPS) is 15.5. The monoisotopic (exact) mass is 1240 g/mol. The number of methoxy groups -OCH3 is 2. The number of nitrogens with two attached hydrogens (primary N) is 1. The molecule has 8 rings (SSSR count). The van der Waals surface area contributed by atoms with Gasteiger partial charge in [-0.15, -0.1) is 25.3 Å². The van der Waals surface area contributed by atoms with E-state index in [1.807, 2.05) is 30.3 Å². The molecule has 19 heteroatoms. The van der Waals surface area contributed by atoms with Crippen molar-refractivity contribution in [3.63, 3.8) is 0 Å². The molecule has 0 radical (unpaired) electrons. The number of amides is 2. The number of carbonyl (C=O) groups excluding carboxylic acids is 3. The first-order valence-electron chi connectivity index (χ1n) is 28.6. The van der Waals surface area contributed by atoms with Gasteiger partial charge in [0.1, 0.15) is 17.8 Å². The highest BCUT2D eigenvalue weighted by Gasteiger charge is 2.44. The standard InChI is InChI=1S/C28H29N3O2S.C21H23NO2.C7H7NOS.2C6H15N.H3N.4H2O/c1-4-31-25-15-12-22(33-3)18-24(25)28(2,19-20-8-6-5-7-9-20)26(31)16-17-29-30-27(32)21-10-13-23(34)14-11-21;1-4-22-19-11-10-17(24-3)14-18(19)21(2,20(22)12-13-23)15-16-8-6-5-7-9-16;8-7(9)5-1-3-6(10)4-2-5;2*1-3-5-7-6-4-2;;;;;/h5-18,34H,4,19H2,1-3H3,(H,30,32);5-14H,4,15H2,1-3H3;1-4,10H,(H2,8,9);2*7H,3-6H2,1-2H3;1H3;4*1H2/b26-16-,29-17+;20-12-;;;;;;;;. The van der Waals surface area contributed by atoms with Crippen molar-refractivity contribution in [1.82, 2.24) is 22.2 Å². The molecule has 2 heterocycles. The van der Waals surface area contributed by atoms with Crippen molar-refractivity contribution in [3.8, 4) is 11.5 Å². The van der Waals surface area contributed by atoms with E-state index in [2.05, 4.69) is 184 Å². The topological polar surface area (TPSA) is 312 Å². The number of likely N-dealkylation sites (N-methyl/N-ethyl adjacent to an activating group) is 2. The highest BCUT2D eigenvalue weighted by Crippen LogP contribution is 2.52. The Morgan fingerprint density at radius 1 is 0.552 bits per heavy atom. The molecule has 478 valence electrons. The lowest BCUT2D eigenvalue weighted by molar-refractivity contribution is -0.104. The minimum absolute atomic E-state index is 0. The molecule has 87 heavy (non-hydrogen) atoms. The van der Waals surface area contributed by atoms with Crippen LogP contribution in [0.4, 0.5) is 11.4 Å². The van der Waals surface area contributed by atoms with E-state index in [0.29, 0.717) is 11.1 Å². The molecule has 2 amide bonds. The SMILES string of the molecule is CCCNCCC.CCCNCCC.CCN1/C(=C\C=N\NC(=O)c2ccc(S)cc2)C(C)(Cc2ccccc2)c2cc(OC)ccc21.CCN1/C(=C\C=O)C(C)(Cc2ccccc2)c2cc(OC)ccc21.N.NC(=O)c1ccc(S)cc1.O.O.O.O. The average molecular weight is 1240 g/mol. The van der Waals surface area contributed by atoms with Gasteiger partial charge < -0.3 is 63.7 Å². The highest BCUT2D eigenvalue weighted by molar-refractivity contribution is 7.80. The minimum atomic E-state index is -0.409. The third-order valence-corrected chi connectivity index (χ3v) is 14.6. The number of anilines is 2. The number of allylic oxidation sites excluding steroid dienone is 4. The molecule has 0 spiro atoms. The zero-order valence-corrected chi connectivity index (χ0v) is 54.5. The number of carbonyl (C=O) groups is 3.